The Morgan fingerprint density at radius 3 is 2.24 bits per heavy atom. The van der Waals surface area contributed by atoms with E-state index < -0.39 is 52.8 Å². The molecule has 12 nitrogen and oxygen atoms in total. The van der Waals surface area contributed by atoms with E-state index in [0.717, 1.165) is 15.3 Å². The molecule has 1 aromatic heterocycles. The van der Waals surface area contributed by atoms with E-state index in [-0.39, 0.29) is 39.8 Å². The number of ether oxygens (including phenoxy) is 3. The maximum Gasteiger partial charge on any atom is 0.359 e. The summed E-state index contributed by atoms with van der Waals surface area (Å²) in [4.78, 5) is 29.3. The molecule has 2 aromatic carbocycles. The monoisotopic (exact) mass is 738 g/mol. The van der Waals surface area contributed by atoms with Crippen LogP contribution in [-0.4, -0.2) is 62.2 Å². The lowest BCUT2D eigenvalue weighted by Gasteiger charge is -2.51. The Hall–Kier alpha value is -3.50. The van der Waals surface area contributed by atoms with Crippen molar-refractivity contribution < 1.29 is 32.0 Å². The maximum absolute atomic E-state index is 13.6. The van der Waals surface area contributed by atoms with Gasteiger partial charge < -0.3 is 32.5 Å². The molecule has 0 saturated carbocycles. The van der Waals surface area contributed by atoms with Gasteiger partial charge in [0.05, 0.1) is 6.61 Å². The van der Waals surface area contributed by atoms with Gasteiger partial charge in [0.2, 0.25) is 5.91 Å². The summed E-state index contributed by atoms with van der Waals surface area (Å²) in [5.74, 6) is 0.0497. The highest BCUT2D eigenvalue weighted by atomic mass is 32.1. The van der Waals surface area contributed by atoms with Crippen molar-refractivity contribution in [2.24, 2.45) is 0 Å². The van der Waals surface area contributed by atoms with Crippen LogP contribution >= 0.6 is 12.2 Å². The zero-order chi connectivity index (χ0) is 36.6. The quantitative estimate of drug-likeness (QED) is 0.191. The first-order valence-corrected chi connectivity index (χ1v) is 21.3. The summed E-state index contributed by atoms with van der Waals surface area (Å²) < 4.78 is 41.7. The summed E-state index contributed by atoms with van der Waals surface area (Å²) in [6, 6.07) is 17.0. The number of carbonyl (C=O) groups is 1. The Balaban J connectivity index is 1.64. The summed E-state index contributed by atoms with van der Waals surface area (Å²) in [5.41, 5.74) is -2.87. The van der Waals surface area contributed by atoms with E-state index >= 15 is 0 Å². The fourth-order valence-electron chi connectivity index (χ4n) is 7.02. The Morgan fingerprint density at radius 2 is 1.66 bits per heavy atom. The van der Waals surface area contributed by atoms with E-state index in [1.165, 1.54) is 19.2 Å². The first-order valence-electron chi connectivity index (χ1n) is 16.9. The molecule has 15 heteroatoms. The molecule has 1 amide bonds. The third-order valence-electron chi connectivity index (χ3n) is 9.49. The van der Waals surface area contributed by atoms with Gasteiger partial charge in [0.1, 0.15) is 29.8 Å². The number of nitrogens with zero attached hydrogens (tertiary/aromatic N) is 3. The molecule has 2 aliphatic heterocycles. The zero-order valence-electron chi connectivity index (χ0n) is 30.0. The molecule has 2 aliphatic rings. The van der Waals surface area contributed by atoms with Crippen LogP contribution in [0.25, 0.3) is 10.8 Å². The first kappa shape index (κ1) is 37.8. The number of carbonyl (C=O) groups excluding carboxylic acids is 1. The summed E-state index contributed by atoms with van der Waals surface area (Å²) >= 11 is 5.66. The molecular weight excluding hydrogens is 693 g/mol. The third kappa shape index (κ3) is 6.90. The third-order valence-corrected chi connectivity index (χ3v) is 19.9. The van der Waals surface area contributed by atoms with Gasteiger partial charge in [0.25, 0.3) is 5.60 Å². The van der Waals surface area contributed by atoms with Crippen LogP contribution in [0.3, 0.4) is 0 Å². The molecule has 2 saturated heterocycles. The fourth-order valence-corrected chi connectivity index (χ4v) is 18.5. The lowest BCUT2D eigenvalue weighted by molar-refractivity contribution is -0.114. The second kappa shape index (κ2) is 14.6. The maximum atomic E-state index is 13.6. The largest absolute Gasteiger partial charge is 0.427 e. The van der Waals surface area contributed by atoms with Gasteiger partial charge in [-0.2, -0.15) is 10.2 Å². The molecule has 0 bridgehead atoms. The van der Waals surface area contributed by atoms with Crippen molar-refractivity contribution in [2.45, 2.75) is 109 Å². The van der Waals surface area contributed by atoms with Crippen molar-refractivity contribution in [3.05, 3.63) is 65.2 Å². The zero-order valence-corrected chi connectivity index (χ0v) is 32.8. The van der Waals surface area contributed by atoms with Crippen LogP contribution in [0, 0.1) is 11.3 Å². The normalized spacial score (nSPS) is 24.4. The van der Waals surface area contributed by atoms with Crippen LogP contribution in [0.4, 0.5) is 5.82 Å². The number of nitrogens with one attached hydrogen (secondary N) is 1. The van der Waals surface area contributed by atoms with Gasteiger partial charge in [0.15, 0.2) is 6.23 Å². The number of fused-ring (bicyclic) bond motifs is 2. The predicted octanol–water partition coefficient (Wildman–Crippen LogP) is 6.85. The Morgan fingerprint density at radius 1 is 1.02 bits per heavy atom. The Bertz CT molecular complexity index is 1830. The summed E-state index contributed by atoms with van der Waals surface area (Å²) in [7, 11) is -6.28. The lowest BCUT2D eigenvalue weighted by atomic mass is 9.95. The van der Waals surface area contributed by atoms with Gasteiger partial charge in [-0.15, -0.1) is 0 Å². The highest BCUT2D eigenvalue weighted by molar-refractivity contribution is 7.79. The van der Waals surface area contributed by atoms with Crippen molar-refractivity contribution >= 4 is 57.1 Å². The van der Waals surface area contributed by atoms with Gasteiger partial charge in [-0.25, -0.2) is 4.79 Å². The number of hydrogen-bond donors (Lipinski definition) is 1. The van der Waals surface area contributed by atoms with E-state index in [0.29, 0.717) is 5.75 Å². The molecular formula is C35H46N4O8SSi2. The van der Waals surface area contributed by atoms with Crippen molar-refractivity contribution in [1.29, 1.82) is 5.26 Å². The highest BCUT2D eigenvalue weighted by Crippen LogP contribution is 2.51. The van der Waals surface area contributed by atoms with E-state index in [4.69, 9.17) is 39.4 Å². The number of rotatable bonds is 8. The molecule has 3 aromatic rings. The second-order valence-corrected chi connectivity index (χ2v) is 23.3. The number of thiocarbonyl (C=S) groups is 1. The fraction of sp³-hybridized carbons (Fsp3) is 0.514. The van der Waals surface area contributed by atoms with Crippen molar-refractivity contribution in [3.8, 4) is 11.8 Å². The van der Waals surface area contributed by atoms with Gasteiger partial charge in [-0.1, -0.05) is 85.7 Å². The van der Waals surface area contributed by atoms with Crippen LogP contribution < -0.4 is 15.7 Å². The number of aromatic nitrogens is 2. The summed E-state index contributed by atoms with van der Waals surface area (Å²) in [6.07, 6.45) is -2.02. The SMILES string of the molecule is CC(=O)Nc1ccn([C@@H]2O[C@@H]3CO[Si](C(C)C)(C(C)C)O[Si](C(C)C)(C(C)C)O[C@H]3C2(C#N)OC(=S)Oc2ccc3ccccc3c2)c(=O)n1. The van der Waals surface area contributed by atoms with Crippen LogP contribution in [0.15, 0.2) is 59.5 Å². The van der Waals surface area contributed by atoms with E-state index in [1.54, 1.807) is 6.07 Å². The van der Waals surface area contributed by atoms with Gasteiger partial charge in [-0.3, -0.25) is 9.36 Å². The van der Waals surface area contributed by atoms with Crippen LogP contribution in [0.5, 0.6) is 5.75 Å². The summed E-state index contributed by atoms with van der Waals surface area (Å²) in [5, 5.41) is 15.3. The Kier molecular flexibility index (Phi) is 11.0. The molecule has 0 radical (unpaired) electrons. The Labute approximate surface area is 300 Å². The molecule has 1 N–H and O–H groups in total. The molecule has 0 spiro atoms. The second-order valence-electron chi connectivity index (χ2n) is 14.1. The minimum atomic E-state index is -3.31. The summed E-state index contributed by atoms with van der Waals surface area (Å²) in [6.45, 7) is 18.0. The standard InChI is InChI=1S/C35H46N4O8SSi2/c1-21(2)49(22(3)4)42-19-29-31(46-50(47-49,23(5)6)24(7)8)35(20-36,32(44-29)39-17-16-30(37-25(9)40)38-33(39)41)45-34(48)43-28-15-14-26-12-10-11-13-27(26)18-28/h10-18,21-24,29,31-32H,19H2,1-9H3,(H,37,38,40,41)/t29-,31-,32-,35?/m1/s1. The number of benzene rings is 2. The highest BCUT2D eigenvalue weighted by Gasteiger charge is 2.68. The minimum Gasteiger partial charge on any atom is -0.427 e. The number of amides is 1. The number of nitriles is 1. The average Bonchev–Trinajstić information content (AvgIpc) is 3.31. The molecule has 3 heterocycles. The molecule has 4 atom stereocenters. The molecule has 50 heavy (non-hydrogen) atoms. The van der Waals surface area contributed by atoms with Gasteiger partial charge >= 0.3 is 28.0 Å². The minimum absolute atomic E-state index is 0.0155. The van der Waals surface area contributed by atoms with Crippen molar-refractivity contribution in [2.75, 3.05) is 11.9 Å². The molecule has 268 valence electrons. The smallest absolute Gasteiger partial charge is 0.359 e. The van der Waals surface area contributed by atoms with Gasteiger partial charge in [0, 0.05) is 25.3 Å². The molecule has 1 unspecified atom stereocenters. The van der Waals surface area contributed by atoms with E-state index in [2.05, 4.69) is 71.8 Å². The van der Waals surface area contributed by atoms with Crippen molar-refractivity contribution in [3.63, 3.8) is 0 Å². The topological polar surface area (TPSA) is 143 Å². The van der Waals surface area contributed by atoms with Crippen LogP contribution in [0.2, 0.25) is 22.2 Å². The average molecular weight is 739 g/mol. The lowest BCUT2D eigenvalue weighted by Crippen LogP contribution is -2.67. The first-order chi connectivity index (χ1) is 23.6. The number of anilines is 1. The van der Waals surface area contributed by atoms with Crippen molar-refractivity contribution in [1.82, 2.24) is 9.55 Å². The van der Waals surface area contributed by atoms with E-state index in [1.807, 2.05) is 36.4 Å². The van der Waals surface area contributed by atoms with Gasteiger partial charge in [-0.05, 0) is 51.1 Å². The van der Waals surface area contributed by atoms with Crippen LogP contribution in [-0.2, 0) is 27.2 Å². The predicted molar refractivity (Wildman–Crippen MR) is 197 cm³/mol. The number of hydrogen-bond acceptors (Lipinski definition) is 11. The molecule has 5 rings (SSSR count). The molecule has 2 fully saturated rings. The molecule has 0 aliphatic carbocycles. The van der Waals surface area contributed by atoms with E-state index in [9.17, 15) is 14.9 Å². The van der Waals surface area contributed by atoms with Crippen LogP contribution in [0.1, 0.15) is 68.5 Å².